The van der Waals surface area contributed by atoms with Crippen molar-refractivity contribution < 1.29 is 5.11 Å². The van der Waals surface area contributed by atoms with Gasteiger partial charge in [0.05, 0.1) is 6.61 Å². The molecule has 3 nitrogen and oxygen atoms in total. The predicted molar refractivity (Wildman–Crippen MR) is 71.0 cm³/mol. The molecule has 2 N–H and O–H groups in total. The molecular formula is C14H28N2O. The smallest absolute Gasteiger partial charge is 0.0613 e. The average Bonchev–Trinajstić information content (AvgIpc) is 2.96. The normalized spacial score (nSPS) is 39.4. The van der Waals surface area contributed by atoms with Crippen molar-refractivity contribution in [3.63, 3.8) is 0 Å². The lowest BCUT2D eigenvalue weighted by Crippen LogP contribution is -2.45. The Balaban J connectivity index is 1.89. The van der Waals surface area contributed by atoms with Crippen molar-refractivity contribution in [2.75, 3.05) is 26.7 Å². The quantitative estimate of drug-likeness (QED) is 0.781. The van der Waals surface area contributed by atoms with Gasteiger partial charge in [0.25, 0.3) is 0 Å². The molecule has 3 atom stereocenters. The molecular weight excluding hydrogens is 212 g/mol. The zero-order valence-corrected chi connectivity index (χ0v) is 11.6. The zero-order chi connectivity index (χ0) is 12.5. The molecule has 0 aromatic carbocycles. The standard InChI is InChI=1S/C14H28N2O/c1-11(2)12-5-7-16(9-12)13-4-6-14(8-13,10-17)15-3/h11-13,15,17H,4-10H2,1-3H3. The lowest BCUT2D eigenvalue weighted by molar-refractivity contribution is 0.155. The highest BCUT2D eigenvalue weighted by atomic mass is 16.3. The highest BCUT2D eigenvalue weighted by Gasteiger charge is 2.41. The van der Waals surface area contributed by atoms with Crippen molar-refractivity contribution in [1.29, 1.82) is 0 Å². The summed E-state index contributed by atoms with van der Waals surface area (Å²) in [5.74, 6) is 1.70. The highest BCUT2D eigenvalue weighted by molar-refractivity contribution is 5.00. The van der Waals surface area contributed by atoms with Crippen LogP contribution in [0.25, 0.3) is 0 Å². The van der Waals surface area contributed by atoms with Crippen LogP contribution in [0.5, 0.6) is 0 Å². The van der Waals surface area contributed by atoms with Crippen LogP contribution < -0.4 is 5.32 Å². The predicted octanol–water partition coefficient (Wildman–Crippen LogP) is 1.47. The molecule has 3 heteroatoms. The summed E-state index contributed by atoms with van der Waals surface area (Å²) in [6, 6.07) is 0.693. The first kappa shape index (κ1) is 13.3. The molecule has 0 amide bonds. The largest absolute Gasteiger partial charge is 0.394 e. The first-order valence-electron chi connectivity index (χ1n) is 7.14. The van der Waals surface area contributed by atoms with Crippen LogP contribution >= 0.6 is 0 Å². The second kappa shape index (κ2) is 5.25. The van der Waals surface area contributed by atoms with Crippen molar-refractivity contribution in [3.05, 3.63) is 0 Å². The Morgan fingerprint density at radius 3 is 2.65 bits per heavy atom. The van der Waals surface area contributed by atoms with Crippen molar-refractivity contribution >= 4 is 0 Å². The fourth-order valence-corrected chi connectivity index (χ4v) is 3.55. The van der Waals surface area contributed by atoms with E-state index in [0.29, 0.717) is 6.04 Å². The summed E-state index contributed by atoms with van der Waals surface area (Å²) in [6.07, 6.45) is 4.84. The third-order valence-electron chi connectivity index (χ3n) is 5.13. The molecule has 1 aliphatic carbocycles. The van der Waals surface area contributed by atoms with E-state index in [1.54, 1.807) is 0 Å². The lowest BCUT2D eigenvalue weighted by atomic mass is 9.95. The summed E-state index contributed by atoms with van der Waals surface area (Å²) < 4.78 is 0. The van der Waals surface area contributed by atoms with Gasteiger partial charge in [-0.3, -0.25) is 0 Å². The number of likely N-dealkylation sites (N-methyl/N-ethyl adjacent to an activating group) is 1. The Kier molecular flexibility index (Phi) is 4.11. The molecule has 2 fully saturated rings. The molecule has 1 saturated carbocycles. The van der Waals surface area contributed by atoms with E-state index < -0.39 is 0 Å². The maximum atomic E-state index is 9.54. The lowest BCUT2D eigenvalue weighted by Gasteiger charge is -2.29. The molecule has 3 unspecified atom stereocenters. The molecule has 17 heavy (non-hydrogen) atoms. The molecule has 1 aliphatic heterocycles. The molecule has 1 saturated heterocycles. The van der Waals surface area contributed by atoms with Crippen LogP contribution in [0.4, 0.5) is 0 Å². The summed E-state index contributed by atoms with van der Waals surface area (Å²) in [5, 5.41) is 12.9. The topological polar surface area (TPSA) is 35.5 Å². The van der Waals surface area contributed by atoms with Crippen LogP contribution in [0.15, 0.2) is 0 Å². The van der Waals surface area contributed by atoms with Gasteiger partial charge in [0.2, 0.25) is 0 Å². The number of rotatable bonds is 4. The van der Waals surface area contributed by atoms with Crippen LogP contribution in [-0.2, 0) is 0 Å². The van der Waals surface area contributed by atoms with Gasteiger partial charge >= 0.3 is 0 Å². The maximum Gasteiger partial charge on any atom is 0.0613 e. The molecule has 0 radical (unpaired) electrons. The highest BCUT2D eigenvalue weighted by Crippen LogP contribution is 2.36. The summed E-state index contributed by atoms with van der Waals surface area (Å²) in [5.41, 5.74) is 0.000579. The average molecular weight is 240 g/mol. The van der Waals surface area contributed by atoms with Crippen LogP contribution in [0.1, 0.15) is 39.5 Å². The van der Waals surface area contributed by atoms with Gasteiger partial charge in [-0.1, -0.05) is 13.8 Å². The maximum absolute atomic E-state index is 9.54. The van der Waals surface area contributed by atoms with E-state index in [2.05, 4.69) is 24.1 Å². The summed E-state index contributed by atoms with van der Waals surface area (Å²) in [6.45, 7) is 7.50. The third kappa shape index (κ3) is 2.67. The van der Waals surface area contributed by atoms with Gasteiger partial charge in [0, 0.05) is 18.1 Å². The minimum Gasteiger partial charge on any atom is -0.394 e. The molecule has 1 heterocycles. The van der Waals surface area contributed by atoms with Crippen LogP contribution in [0.2, 0.25) is 0 Å². The monoisotopic (exact) mass is 240 g/mol. The van der Waals surface area contributed by atoms with E-state index in [4.69, 9.17) is 0 Å². The van der Waals surface area contributed by atoms with Gasteiger partial charge in [-0.2, -0.15) is 0 Å². The Labute approximate surface area is 106 Å². The third-order valence-corrected chi connectivity index (χ3v) is 5.13. The number of aliphatic hydroxyl groups is 1. The molecule has 100 valence electrons. The van der Waals surface area contributed by atoms with Gasteiger partial charge in [-0.05, 0) is 51.1 Å². The number of nitrogens with one attached hydrogen (secondary N) is 1. The molecule has 0 bridgehead atoms. The van der Waals surface area contributed by atoms with E-state index in [0.717, 1.165) is 24.7 Å². The Bertz CT molecular complexity index is 251. The van der Waals surface area contributed by atoms with Gasteiger partial charge in [-0.25, -0.2) is 0 Å². The Morgan fingerprint density at radius 2 is 2.18 bits per heavy atom. The second-order valence-electron chi connectivity index (χ2n) is 6.37. The number of aliphatic hydroxyl groups excluding tert-OH is 1. The number of nitrogens with zero attached hydrogens (tertiary/aromatic N) is 1. The van der Waals surface area contributed by atoms with Crippen molar-refractivity contribution in [3.8, 4) is 0 Å². The number of hydrogen-bond donors (Lipinski definition) is 2. The van der Waals surface area contributed by atoms with Crippen LogP contribution in [0, 0.1) is 11.8 Å². The first-order valence-corrected chi connectivity index (χ1v) is 7.14. The molecule has 0 aromatic rings. The van der Waals surface area contributed by atoms with Crippen molar-refractivity contribution in [2.24, 2.45) is 11.8 Å². The van der Waals surface area contributed by atoms with Crippen molar-refractivity contribution in [1.82, 2.24) is 10.2 Å². The Hall–Kier alpha value is -0.120. The van der Waals surface area contributed by atoms with Crippen LogP contribution in [-0.4, -0.2) is 48.3 Å². The van der Waals surface area contributed by atoms with E-state index in [-0.39, 0.29) is 12.1 Å². The van der Waals surface area contributed by atoms with E-state index in [1.165, 1.54) is 25.9 Å². The minimum atomic E-state index is 0.000579. The first-order chi connectivity index (χ1) is 8.10. The minimum absolute atomic E-state index is 0.000579. The summed E-state index contributed by atoms with van der Waals surface area (Å²) in [7, 11) is 1.99. The van der Waals surface area contributed by atoms with E-state index in [1.807, 2.05) is 7.05 Å². The molecule has 0 spiro atoms. The number of likely N-dealkylation sites (tertiary alicyclic amines) is 1. The van der Waals surface area contributed by atoms with Crippen LogP contribution in [0.3, 0.4) is 0 Å². The van der Waals surface area contributed by atoms with E-state index >= 15 is 0 Å². The fraction of sp³-hybridized carbons (Fsp3) is 1.00. The summed E-state index contributed by atoms with van der Waals surface area (Å²) in [4.78, 5) is 2.67. The molecule has 2 aliphatic rings. The van der Waals surface area contributed by atoms with E-state index in [9.17, 15) is 5.11 Å². The van der Waals surface area contributed by atoms with Gasteiger partial charge in [-0.15, -0.1) is 0 Å². The van der Waals surface area contributed by atoms with Gasteiger partial charge < -0.3 is 15.3 Å². The van der Waals surface area contributed by atoms with Gasteiger partial charge in [0.1, 0.15) is 0 Å². The molecule has 2 rings (SSSR count). The zero-order valence-electron chi connectivity index (χ0n) is 11.6. The van der Waals surface area contributed by atoms with Crippen molar-refractivity contribution in [2.45, 2.75) is 51.1 Å². The Morgan fingerprint density at radius 1 is 1.41 bits per heavy atom. The second-order valence-corrected chi connectivity index (χ2v) is 6.37. The summed E-state index contributed by atoms with van der Waals surface area (Å²) >= 11 is 0. The fourth-order valence-electron chi connectivity index (χ4n) is 3.55. The van der Waals surface area contributed by atoms with Gasteiger partial charge in [0.15, 0.2) is 0 Å². The SMILES string of the molecule is CNC1(CO)CCC(N2CCC(C(C)C)C2)C1. The molecule has 0 aromatic heterocycles. The number of hydrogen-bond acceptors (Lipinski definition) is 3.